The molecule has 0 saturated carbocycles. The van der Waals surface area contributed by atoms with Crippen molar-refractivity contribution in [2.24, 2.45) is 7.05 Å². The van der Waals surface area contributed by atoms with Gasteiger partial charge in [0.15, 0.2) is 5.82 Å². The summed E-state index contributed by atoms with van der Waals surface area (Å²) in [6.45, 7) is 0. The third kappa shape index (κ3) is 2.36. The van der Waals surface area contributed by atoms with Crippen LogP contribution in [0.5, 0.6) is 0 Å². The van der Waals surface area contributed by atoms with E-state index >= 15 is 0 Å². The third-order valence-corrected chi connectivity index (χ3v) is 3.49. The van der Waals surface area contributed by atoms with Gasteiger partial charge in [-0.25, -0.2) is 9.78 Å². The number of pyridine rings is 1. The lowest BCUT2D eigenvalue weighted by Gasteiger charge is -2.17. The number of aromatic carboxylic acids is 1. The van der Waals surface area contributed by atoms with Crippen LogP contribution in [0.3, 0.4) is 0 Å². The minimum Gasteiger partial charge on any atom is -0.478 e. The largest absolute Gasteiger partial charge is 0.478 e. The number of carbonyl (C=O) groups is 1. The summed E-state index contributed by atoms with van der Waals surface area (Å²) in [6.07, 6.45) is 5.82. The first-order valence-corrected chi connectivity index (χ1v) is 6.66. The quantitative estimate of drug-likeness (QED) is 0.894. The average Bonchev–Trinajstić information content (AvgIpc) is 2.83. The number of nitrogens with one attached hydrogen (secondary N) is 1. The molecule has 1 aliphatic rings. The van der Waals surface area contributed by atoms with Gasteiger partial charge in [-0.3, -0.25) is 4.68 Å². The van der Waals surface area contributed by atoms with Crippen molar-refractivity contribution in [2.45, 2.75) is 25.7 Å². The lowest BCUT2D eigenvalue weighted by atomic mass is 9.95. The molecule has 2 aromatic heterocycles. The summed E-state index contributed by atoms with van der Waals surface area (Å²) in [6, 6.07) is 3.53. The molecule has 0 saturated heterocycles. The summed E-state index contributed by atoms with van der Waals surface area (Å²) in [5, 5.41) is 16.5. The predicted octanol–water partition coefficient (Wildman–Crippen LogP) is 2.14. The normalized spacial score (nSPS) is 13.8. The van der Waals surface area contributed by atoms with E-state index in [1.54, 1.807) is 23.0 Å². The highest BCUT2D eigenvalue weighted by Crippen LogP contribution is 2.26. The topological polar surface area (TPSA) is 80.0 Å². The Balaban J connectivity index is 2.01. The standard InChI is InChI=1S/C14H16N4O2/c1-18-7-6-12(17-18)16-13-10(14(19)20)8-9-4-2-3-5-11(9)15-13/h6-8H,2-5H2,1H3,(H,19,20)(H,15,16,17). The highest BCUT2D eigenvalue weighted by atomic mass is 16.4. The number of nitrogens with zero attached hydrogens (tertiary/aromatic N) is 3. The van der Waals surface area contributed by atoms with E-state index in [0.29, 0.717) is 11.6 Å². The van der Waals surface area contributed by atoms with Crippen molar-refractivity contribution < 1.29 is 9.90 Å². The fraction of sp³-hybridized carbons (Fsp3) is 0.357. The Hall–Kier alpha value is -2.37. The first-order chi connectivity index (χ1) is 9.63. The van der Waals surface area contributed by atoms with Gasteiger partial charge in [-0.05, 0) is 37.3 Å². The van der Waals surface area contributed by atoms with E-state index in [0.717, 1.165) is 36.9 Å². The predicted molar refractivity (Wildman–Crippen MR) is 74.3 cm³/mol. The van der Waals surface area contributed by atoms with E-state index in [1.165, 1.54) is 0 Å². The maximum Gasteiger partial charge on any atom is 0.339 e. The van der Waals surface area contributed by atoms with Gasteiger partial charge in [0.1, 0.15) is 11.4 Å². The molecule has 0 fully saturated rings. The summed E-state index contributed by atoms with van der Waals surface area (Å²) in [4.78, 5) is 15.9. The van der Waals surface area contributed by atoms with Crippen molar-refractivity contribution in [1.29, 1.82) is 0 Å². The Kier molecular flexibility index (Phi) is 3.14. The average molecular weight is 272 g/mol. The van der Waals surface area contributed by atoms with Gasteiger partial charge in [-0.1, -0.05) is 0 Å². The number of carboxylic acid groups (broad SMARTS) is 1. The lowest BCUT2D eigenvalue weighted by molar-refractivity contribution is 0.0697. The molecule has 6 heteroatoms. The van der Waals surface area contributed by atoms with Gasteiger partial charge in [-0.2, -0.15) is 5.10 Å². The van der Waals surface area contributed by atoms with Crippen LogP contribution >= 0.6 is 0 Å². The first kappa shape index (κ1) is 12.7. The number of rotatable bonds is 3. The molecule has 1 aliphatic carbocycles. The SMILES string of the molecule is Cn1ccc(Nc2nc3c(cc2C(=O)O)CCCC3)n1. The van der Waals surface area contributed by atoms with Crippen LogP contribution in [0, 0.1) is 0 Å². The van der Waals surface area contributed by atoms with E-state index in [4.69, 9.17) is 0 Å². The molecule has 0 atom stereocenters. The summed E-state index contributed by atoms with van der Waals surface area (Å²) in [5.41, 5.74) is 2.26. The Morgan fingerprint density at radius 1 is 1.40 bits per heavy atom. The number of hydrogen-bond donors (Lipinski definition) is 2. The third-order valence-electron chi connectivity index (χ3n) is 3.49. The van der Waals surface area contributed by atoms with Crippen LogP contribution in [0.4, 0.5) is 11.6 Å². The van der Waals surface area contributed by atoms with Gasteiger partial charge in [0, 0.05) is 25.0 Å². The zero-order chi connectivity index (χ0) is 14.1. The second-order valence-corrected chi connectivity index (χ2v) is 5.00. The molecule has 2 aromatic rings. The second-order valence-electron chi connectivity index (χ2n) is 5.00. The molecule has 0 bridgehead atoms. The Labute approximate surface area is 116 Å². The van der Waals surface area contributed by atoms with E-state index in [9.17, 15) is 9.90 Å². The first-order valence-electron chi connectivity index (χ1n) is 6.66. The zero-order valence-electron chi connectivity index (χ0n) is 11.3. The Bertz CT molecular complexity index is 663. The van der Waals surface area contributed by atoms with Crippen LogP contribution in [0.15, 0.2) is 18.3 Å². The number of fused-ring (bicyclic) bond motifs is 1. The molecule has 2 heterocycles. The van der Waals surface area contributed by atoms with Crippen molar-refractivity contribution in [3.8, 4) is 0 Å². The summed E-state index contributed by atoms with van der Waals surface area (Å²) in [7, 11) is 1.81. The van der Waals surface area contributed by atoms with Crippen molar-refractivity contribution in [2.75, 3.05) is 5.32 Å². The number of carboxylic acids is 1. The van der Waals surface area contributed by atoms with Gasteiger partial charge in [0.05, 0.1) is 0 Å². The molecular formula is C14H16N4O2. The number of hydrogen-bond acceptors (Lipinski definition) is 4. The van der Waals surface area contributed by atoms with E-state index in [1.807, 2.05) is 7.05 Å². The summed E-state index contributed by atoms with van der Waals surface area (Å²) >= 11 is 0. The van der Waals surface area contributed by atoms with Crippen molar-refractivity contribution in [3.63, 3.8) is 0 Å². The number of aromatic nitrogens is 3. The van der Waals surface area contributed by atoms with Gasteiger partial charge in [-0.15, -0.1) is 0 Å². The molecule has 0 aliphatic heterocycles. The zero-order valence-corrected chi connectivity index (χ0v) is 11.3. The van der Waals surface area contributed by atoms with Crippen LogP contribution in [-0.2, 0) is 19.9 Å². The smallest absolute Gasteiger partial charge is 0.339 e. The molecule has 6 nitrogen and oxygen atoms in total. The van der Waals surface area contributed by atoms with E-state index < -0.39 is 5.97 Å². The van der Waals surface area contributed by atoms with E-state index in [-0.39, 0.29) is 5.56 Å². The van der Waals surface area contributed by atoms with Crippen LogP contribution in [0.1, 0.15) is 34.5 Å². The van der Waals surface area contributed by atoms with Crippen LogP contribution < -0.4 is 5.32 Å². The number of aryl methyl sites for hydroxylation is 3. The molecule has 0 aromatic carbocycles. The van der Waals surface area contributed by atoms with Crippen LogP contribution in [0.25, 0.3) is 0 Å². The minimum atomic E-state index is -0.968. The molecule has 0 spiro atoms. The molecule has 0 radical (unpaired) electrons. The van der Waals surface area contributed by atoms with Gasteiger partial charge >= 0.3 is 5.97 Å². The molecule has 3 rings (SSSR count). The van der Waals surface area contributed by atoms with Crippen molar-refractivity contribution in [3.05, 3.63) is 35.2 Å². The number of anilines is 2. The van der Waals surface area contributed by atoms with Gasteiger partial charge in [0.2, 0.25) is 0 Å². The van der Waals surface area contributed by atoms with Crippen molar-refractivity contribution >= 4 is 17.6 Å². The van der Waals surface area contributed by atoms with E-state index in [2.05, 4.69) is 15.4 Å². The molecule has 0 amide bonds. The van der Waals surface area contributed by atoms with Gasteiger partial charge in [0.25, 0.3) is 0 Å². The van der Waals surface area contributed by atoms with Gasteiger partial charge < -0.3 is 10.4 Å². The maximum absolute atomic E-state index is 11.4. The molecule has 0 unspecified atom stereocenters. The van der Waals surface area contributed by atoms with Crippen LogP contribution in [0.2, 0.25) is 0 Å². The minimum absolute atomic E-state index is 0.205. The Morgan fingerprint density at radius 2 is 2.20 bits per heavy atom. The molecular weight excluding hydrogens is 256 g/mol. The molecule has 104 valence electrons. The fourth-order valence-electron chi connectivity index (χ4n) is 2.50. The monoisotopic (exact) mass is 272 g/mol. The summed E-state index contributed by atoms with van der Waals surface area (Å²) < 4.78 is 1.65. The second kappa shape index (κ2) is 4.96. The highest BCUT2D eigenvalue weighted by molar-refractivity contribution is 5.94. The maximum atomic E-state index is 11.4. The molecule has 2 N–H and O–H groups in total. The van der Waals surface area contributed by atoms with Crippen molar-refractivity contribution in [1.82, 2.24) is 14.8 Å². The Morgan fingerprint density at radius 3 is 2.90 bits per heavy atom. The summed E-state index contributed by atoms with van der Waals surface area (Å²) in [5.74, 6) is -0.000543. The fourth-order valence-corrected chi connectivity index (χ4v) is 2.50. The molecule has 20 heavy (non-hydrogen) atoms. The highest BCUT2D eigenvalue weighted by Gasteiger charge is 2.19. The lowest BCUT2D eigenvalue weighted by Crippen LogP contribution is -2.12. The van der Waals surface area contributed by atoms with Crippen LogP contribution in [-0.4, -0.2) is 25.8 Å².